The van der Waals surface area contributed by atoms with Crippen LogP contribution in [0.15, 0.2) is 5.16 Å². The summed E-state index contributed by atoms with van der Waals surface area (Å²) < 4.78 is 0. The molecule has 2 N–H and O–H groups in total. The zero-order chi connectivity index (χ0) is 9.84. The van der Waals surface area contributed by atoms with Gasteiger partial charge in [0, 0.05) is 0 Å². The van der Waals surface area contributed by atoms with Crippen LogP contribution in [0.1, 0.15) is 16.2 Å². The van der Waals surface area contributed by atoms with E-state index in [0.717, 1.165) is 0 Å². The van der Waals surface area contributed by atoms with Crippen molar-refractivity contribution < 1.29 is 4.79 Å². The highest BCUT2D eigenvalue weighted by molar-refractivity contribution is 7.98. The fourth-order valence-corrected chi connectivity index (χ4v) is 1.18. The van der Waals surface area contributed by atoms with Crippen molar-refractivity contribution >= 4 is 17.5 Å². The predicted molar refractivity (Wildman–Crippen MR) is 49.7 cm³/mol. The van der Waals surface area contributed by atoms with Gasteiger partial charge in [0.2, 0.25) is 5.16 Å². The van der Waals surface area contributed by atoms with Gasteiger partial charge in [0.05, 0.1) is 12.2 Å². The van der Waals surface area contributed by atoms with Crippen LogP contribution in [0.2, 0.25) is 0 Å². The summed E-state index contributed by atoms with van der Waals surface area (Å²) in [6, 6.07) is 0. The third kappa shape index (κ3) is 2.22. The van der Waals surface area contributed by atoms with E-state index in [-0.39, 0.29) is 18.0 Å². The number of ketones is 1. The lowest BCUT2D eigenvalue weighted by atomic mass is 10.2. The molecule has 70 valence electrons. The lowest BCUT2D eigenvalue weighted by Crippen LogP contribution is -2.18. The van der Waals surface area contributed by atoms with E-state index in [4.69, 9.17) is 5.73 Å². The first-order chi connectivity index (χ1) is 6.19. The Bertz CT molecular complexity index is 328. The standard InChI is InChI=1S/C7H10N4OS/c1-4-6(5(12)3-8)10-11-7(9-4)13-2/h3,8H2,1-2H3. The van der Waals surface area contributed by atoms with Gasteiger partial charge in [0.25, 0.3) is 0 Å². The van der Waals surface area contributed by atoms with Gasteiger partial charge < -0.3 is 5.73 Å². The molecule has 0 saturated carbocycles. The molecule has 6 heteroatoms. The third-order valence-corrected chi connectivity index (χ3v) is 2.01. The molecule has 0 saturated heterocycles. The first kappa shape index (κ1) is 10.1. The van der Waals surface area contributed by atoms with Gasteiger partial charge in [-0.2, -0.15) is 0 Å². The highest BCUT2D eigenvalue weighted by atomic mass is 32.2. The van der Waals surface area contributed by atoms with E-state index in [9.17, 15) is 4.79 Å². The molecule has 1 aromatic heterocycles. The van der Waals surface area contributed by atoms with Gasteiger partial charge in [-0.15, -0.1) is 10.2 Å². The van der Waals surface area contributed by atoms with Crippen molar-refractivity contribution in [3.05, 3.63) is 11.4 Å². The Balaban J connectivity index is 3.05. The quantitative estimate of drug-likeness (QED) is 0.545. The highest BCUT2D eigenvalue weighted by Gasteiger charge is 2.11. The normalized spacial score (nSPS) is 10.1. The predicted octanol–water partition coefficient (Wildman–Crippen LogP) is 0.0433. The summed E-state index contributed by atoms with van der Waals surface area (Å²) in [5.74, 6) is -0.231. The number of aromatic nitrogens is 3. The first-order valence-electron chi connectivity index (χ1n) is 3.67. The van der Waals surface area contributed by atoms with E-state index < -0.39 is 0 Å². The lowest BCUT2D eigenvalue weighted by Gasteiger charge is -2.00. The number of rotatable bonds is 3. The number of nitrogens with two attached hydrogens (primary N) is 1. The molecule has 0 atom stereocenters. The molecule has 1 aromatic rings. The number of carbonyl (C=O) groups excluding carboxylic acids is 1. The van der Waals surface area contributed by atoms with E-state index in [2.05, 4.69) is 15.2 Å². The van der Waals surface area contributed by atoms with Crippen LogP contribution >= 0.6 is 11.8 Å². The second kappa shape index (κ2) is 4.29. The summed E-state index contributed by atoms with van der Waals surface area (Å²) >= 11 is 1.38. The molecule has 0 aliphatic rings. The van der Waals surface area contributed by atoms with Crippen molar-refractivity contribution in [3.63, 3.8) is 0 Å². The van der Waals surface area contributed by atoms with Gasteiger partial charge >= 0.3 is 0 Å². The van der Waals surface area contributed by atoms with Crippen molar-refractivity contribution in [2.24, 2.45) is 5.73 Å². The second-order valence-corrected chi connectivity index (χ2v) is 3.13. The van der Waals surface area contributed by atoms with Crippen LogP contribution in [0.4, 0.5) is 0 Å². The minimum atomic E-state index is -0.231. The van der Waals surface area contributed by atoms with E-state index in [1.165, 1.54) is 11.8 Å². The summed E-state index contributed by atoms with van der Waals surface area (Å²) in [5.41, 5.74) is 6.04. The van der Waals surface area contributed by atoms with E-state index >= 15 is 0 Å². The number of thioether (sulfide) groups is 1. The number of nitrogens with zero attached hydrogens (tertiary/aromatic N) is 3. The minimum absolute atomic E-state index is 0.0597. The van der Waals surface area contributed by atoms with Crippen molar-refractivity contribution in [2.75, 3.05) is 12.8 Å². The highest BCUT2D eigenvalue weighted by Crippen LogP contribution is 2.08. The first-order valence-corrected chi connectivity index (χ1v) is 4.90. The zero-order valence-corrected chi connectivity index (χ0v) is 8.26. The maximum atomic E-state index is 11.2. The maximum Gasteiger partial charge on any atom is 0.209 e. The molecule has 5 nitrogen and oxygen atoms in total. The number of aryl methyl sites for hydroxylation is 1. The molecule has 0 amide bonds. The largest absolute Gasteiger partial charge is 0.324 e. The number of hydrogen-bond acceptors (Lipinski definition) is 6. The van der Waals surface area contributed by atoms with Crippen molar-refractivity contribution in [1.82, 2.24) is 15.2 Å². The van der Waals surface area contributed by atoms with Crippen LogP contribution in [0.3, 0.4) is 0 Å². The summed E-state index contributed by atoms with van der Waals surface area (Å²) in [6.07, 6.45) is 1.85. The Morgan fingerprint density at radius 1 is 1.54 bits per heavy atom. The van der Waals surface area contributed by atoms with Gasteiger partial charge in [-0.25, -0.2) is 4.98 Å². The fourth-order valence-electron chi connectivity index (χ4n) is 0.825. The average molecular weight is 198 g/mol. The summed E-state index contributed by atoms with van der Waals surface area (Å²) in [7, 11) is 0. The van der Waals surface area contributed by atoms with Crippen molar-refractivity contribution in [1.29, 1.82) is 0 Å². The second-order valence-electron chi connectivity index (χ2n) is 2.36. The Hall–Kier alpha value is -1.01. The van der Waals surface area contributed by atoms with Crippen molar-refractivity contribution in [3.8, 4) is 0 Å². The van der Waals surface area contributed by atoms with Crippen LogP contribution in [0.5, 0.6) is 0 Å². The maximum absolute atomic E-state index is 11.2. The smallest absolute Gasteiger partial charge is 0.209 e. The molecule has 0 aromatic carbocycles. The number of carbonyl (C=O) groups is 1. The number of Topliss-reactive ketones (excluding diaryl/α,β-unsaturated/α-hetero) is 1. The Morgan fingerprint density at radius 3 is 2.69 bits per heavy atom. The average Bonchev–Trinajstić information content (AvgIpc) is 2.16. The monoisotopic (exact) mass is 198 g/mol. The van der Waals surface area contributed by atoms with Crippen LogP contribution in [-0.4, -0.2) is 33.8 Å². The fraction of sp³-hybridized carbons (Fsp3) is 0.429. The zero-order valence-electron chi connectivity index (χ0n) is 7.44. The topological polar surface area (TPSA) is 81.8 Å². The molecular weight excluding hydrogens is 188 g/mol. The van der Waals surface area contributed by atoms with Gasteiger partial charge in [-0.05, 0) is 13.2 Å². The Labute approximate surface area is 80.1 Å². The van der Waals surface area contributed by atoms with Crippen LogP contribution < -0.4 is 5.73 Å². The molecule has 13 heavy (non-hydrogen) atoms. The van der Waals surface area contributed by atoms with Gasteiger partial charge in [0.15, 0.2) is 11.5 Å². The van der Waals surface area contributed by atoms with Crippen molar-refractivity contribution in [2.45, 2.75) is 12.1 Å². The molecule has 0 aliphatic carbocycles. The third-order valence-electron chi connectivity index (χ3n) is 1.47. The number of hydrogen-bond donors (Lipinski definition) is 1. The Morgan fingerprint density at radius 2 is 2.23 bits per heavy atom. The molecule has 0 radical (unpaired) electrons. The molecule has 1 rings (SSSR count). The molecule has 1 heterocycles. The molecule has 0 bridgehead atoms. The molecule has 0 aliphatic heterocycles. The summed E-state index contributed by atoms with van der Waals surface area (Å²) in [6.45, 7) is 1.66. The molecule has 0 fully saturated rings. The van der Waals surface area contributed by atoms with Crippen LogP contribution in [0.25, 0.3) is 0 Å². The van der Waals surface area contributed by atoms with Gasteiger partial charge in [0.1, 0.15) is 0 Å². The molecular formula is C7H10N4OS. The SMILES string of the molecule is CSc1nnc(C(=O)CN)c(C)n1. The molecule has 0 unspecified atom stereocenters. The van der Waals surface area contributed by atoms with Gasteiger partial charge in [-0.3, -0.25) is 4.79 Å². The van der Waals surface area contributed by atoms with E-state index in [0.29, 0.717) is 10.9 Å². The summed E-state index contributed by atoms with van der Waals surface area (Å²) in [4.78, 5) is 15.2. The minimum Gasteiger partial charge on any atom is -0.324 e. The Kier molecular flexibility index (Phi) is 3.32. The van der Waals surface area contributed by atoms with Crippen LogP contribution in [0, 0.1) is 6.92 Å². The molecule has 0 spiro atoms. The van der Waals surface area contributed by atoms with Gasteiger partial charge in [-0.1, -0.05) is 11.8 Å². The van der Waals surface area contributed by atoms with E-state index in [1.54, 1.807) is 6.92 Å². The lowest BCUT2D eigenvalue weighted by molar-refractivity contribution is 0.0994. The van der Waals surface area contributed by atoms with E-state index in [1.807, 2.05) is 6.26 Å². The summed E-state index contributed by atoms with van der Waals surface area (Å²) in [5, 5.41) is 8.07. The van der Waals surface area contributed by atoms with Crippen LogP contribution in [-0.2, 0) is 0 Å².